The van der Waals surface area contributed by atoms with Crippen LogP contribution in [-0.2, 0) is 0 Å². The van der Waals surface area contributed by atoms with E-state index < -0.39 is 0 Å². The van der Waals surface area contributed by atoms with Crippen molar-refractivity contribution >= 4 is 11.6 Å². The lowest BCUT2D eigenvalue weighted by Gasteiger charge is -2.32. The van der Waals surface area contributed by atoms with E-state index in [2.05, 4.69) is 32.4 Å². The third-order valence-corrected chi connectivity index (χ3v) is 4.91. The molecule has 1 aromatic heterocycles. The summed E-state index contributed by atoms with van der Waals surface area (Å²) < 4.78 is 2.24. The summed E-state index contributed by atoms with van der Waals surface area (Å²) >= 11 is 6.26. The number of hydrogen-bond donors (Lipinski definition) is 0. The monoisotopic (exact) mass is 268 g/mol. The molecule has 18 heavy (non-hydrogen) atoms. The van der Waals surface area contributed by atoms with Crippen molar-refractivity contribution in [2.75, 3.05) is 0 Å². The molecule has 3 heteroatoms. The van der Waals surface area contributed by atoms with Gasteiger partial charge in [-0.3, -0.25) is 4.68 Å². The lowest BCUT2D eigenvalue weighted by Crippen LogP contribution is -2.24. The van der Waals surface area contributed by atoms with Crippen LogP contribution in [-0.4, -0.2) is 9.78 Å². The summed E-state index contributed by atoms with van der Waals surface area (Å²) in [7, 11) is 0. The number of aryl methyl sites for hydroxylation is 1. The number of nitrogens with zero attached hydrogens (tertiary/aromatic N) is 2. The van der Waals surface area contributed by atoms with Crippen LogP contribution in [0.1, 0.15) is 68.4 Å². The van der Waals surface area contributed by atoms with Crippen molar-refractivity contribution in [1.82, 2.24) is 9.78 Å². The summed E-state index contributed by atoms with van der Waals surface area (Å²) in [6, 6.07) is 0.569. The average molecular weight is 269 g/mol. The first kappa shape index (κ1) is 13.9. The van der Waals surface area contributed by atoms with Gasteiger partial charge in [-0.15, -0.1) is 11.6 Å². The van der Waals surface area contributed by atoms with Crippen molar-refractivity contribution < 1.29 is 0 Å². The van der Waals surface area contributed by atoms with Gasteiger partial charge in [0.05, 0.1) is 17.1 Å². The zero-order chi connectivity index (χ0) is 13.4. The Morgan fingerprint density at radius 1 is 1.22 bits per heavy atom. The Balaban J connectivity index is 2.27. The van der Waals surface area contributed by atoms with Crippen LogP contribution >= 0.6 is 11.6 Å². The van der Waals surface area contributed by atoms with Gasteiger partial charge in [0.25, 0.3) is 0 Å². The van der Waals surface area contributed by atoms with Crippen molar-refractivity contribution in [1.29, 1.82) is 0 Å². The van der Waals surface area contributed by atoms with Crippen molar-refractivity contribution in [3.63, 3.8) is 0 Å². The Hall–Kier alpha value is -0.500. The molecule has 0 aliphatic heterocycles. The minimum Gasteiger partial charge on any atom is -0.266 e. The van der Waals surface area contributed by atoms with E-state index in [0.29, 0.717) is 6.04 Å². The van der Waals surface area contributed by atoms with E-state index >= 15 is 0 Å². The van der Waals surface area contributed by atoms with Crippen molar-refractivity contribution in [3.05, 3.63) is 17.0 Å². The van der Waals surface area contributed by atoms with Crippen LogP contribution in [0, 0.1) is 25.7 Å². The second-order valence-corrected chi connectivity index (χ2v) is 6.72. The summed E-state index contributed by atoms with van der Waals surface area (Å²) in [5.74, 6) is 1.65. The molecule has 2 rings (SSSR count). The van der Waals surface area contributed by atoms with Crippen LogP contribution in [0.4, 0.5) is 0 Å². The maximum Gasteiger partial charge on any atom is 0.0643 e. The highest BCUT2D eigenvalue weighted by atomic mass is 35.5. The number of halogens is 1. The third kappa shape index (κ3) is 2.45. The van der Waals surface area contributed by atoms with Gasteiger partial charge >= 0.3 is 0 Å². The van der Waals surface area contributed by atoms with E-state index in [4.69, 9.17) is 16.7 Å². The fourth-order valence-electron chi connectivity index (χ4n) is 3.35. The molecule has 4 atom stereocenters. The molecule has 0 aromatic carbocycles. The van der Waals surface area contributed by atoms with Crippen molar-refractivity contribution in [2.24, 2.45) is 11.8 Å². The lowest BCUT2D eigenvalue weighted by molar-refractivity contribution is 0.198. The highest BCUT2D eigenvalue weighted by Crippen LogP contribution is 2.38. The summed E-state index contributed by atoms with van der Waals surface area (Å²) in [5.41, 5.74) is 3.59. The first-order chi connectivity index (χ1) is 8.41. The summed E-state index contributed by atoms with van der Waals surface area (Å²) in [6.45, 7) is 11.0. The topological polar surface area (TPSA) is 17.8 Å². The fourth-order valence-corrected chi connectivity index (χ4v) is 3.66. The zero-order valence-corrected chi connectivity index (χ0v) is 13.0. The second-order valence-electron chi connectivity index (χ2n) is 6.07. The molecule has 1 aliphatic rings. The van der Waals surface area contributed by atoms with Gasteiger partial charge in [-0.1, -0.05) is 13.8 Å². The molecule has 0 spiro atoms. The third-order valence-electron chi connectivity index (χ3n) is 4.70. The molecule has 0 amide bonds. The molecule has 1 aromatic rings. The molecule has 1 heterocycles. The quantitative estimate of drug-likeness (QED) is 0.705. The van der Waals surface area contributed by atoms with Crippen LogP contribution in [0.25, 0.3) is 0 Å². The normalized spacial score (nSPS) is 30.4. The zero-order valence-electron chi connectivity index (χ0n) is 12.2. The number of hydrogen-bond acceptors (Lipinski definition) is 1. The van der Waals surface area contributed by atoms with Crippen LogP contribution in [0.2, 0.25) is 0 Å². The van der Waals surface area contributed by atoms with E-state index in [9.17, 15) is 0 Å². The first-order valence-electron chi connectivity index (χ1n) is 7.11. The van der Waals surface area contributed by atoms with Gasteiger partial charge < -0.3 is 0 Å². The number of rotatable bonds is 2. The Morgan fingerprint density at radius 3 is 2.39 bits per heavy atom. The molecule has 0 radical (unpaired) electrons. The van der Waals surface area contributed by atoms with Gasteiger partial charge in [0.15, 0.2) is 0 Å². The predicted molar refractivity (Wildman–Crippen MR) is 77.2 cm³/mol. The van der Waals surface area contributed by atoms with E-state index in [0.717, 1.165) is 17.5 Å². The van der Waals surface area contributed by atoms with E-state index in [1.54, 1.807) is 0 Å². The van der Waals surface area contributed by atoms with Gasteiger partial charge in [-0.2, -0.15) is 5.10 Å². The van der Waals surface area contributed by atoms with Crippen LogP contribution in [0.15, 0.2) is 0 Å². The first-order valence-corrected chi connectivity index (χ1v) is 7.55. The molecule has 1 aliphatic carbocycles. The van der Waals surface area contributed by atoms with Crippen LogP contribution < -0.4 is 0 Å². The van der Waals surface area contributed by atoms with Crippen molar-refractivity contribution in [2.45, 2.75) is 65.3 Å². The van der Waals surface area contributed by atoms with E-state index in [1.165, 1.54) is 30.5 Å². The maximum absolute atomic E-state index is 6.26. The standard InChI is InChI=1S/C15H25ClN2/c1-9-6-7-14(8-10(9)2)18-13(5)15(11(3)16)12(4)17-18/h9-11,14H,6-8H2,1-5H3. The Kier molecular flexibility index (Phi) is 4.05. The molecule has 0 bridgehead atoms. The molecule has 4 unspecified atom stereocenters. The number of alkyl halides is 1. The molecule has 2 nitrogen and oxygen atoms in total. The van der Waals surface area contributed by atoms with Crippen molar-refractivity contribution in [3.8, 4) is 0 Å². The average Bonchev–Trinajstić information content (AvgIpc) is 2.58. The summed E-state index contributed by atoms with van der Waals surface area (Å²) in [6.07, 6.45) is 3.82. The van der Waals surface area contributed by atoms with E-state index in [1.807, 2.05) is 6.92 Å². The molecular formula is C15H25ClN2. The largest absolute Gasteiger partial charge is 0.266 e. The van der Waals surface area contributed by atoms with Gasteiger partial charge in [0.1, 0.15) is 0 Å². The van der Waals surface area contributed by atoms with Gasteiger partial charge in [0, 0.05) is 11.3 Å². The lowest BCUT2D eigenvalue weighted by atomic mass is 9.79. The molecular weight excluding hydrogens is 244 g/mol. The van der Waals surface area contributed by atoms with Gasteiger partial charge in [0.2, 0.25) is 0 Å². The highest BCUT2D eigenvalue weighted by molar-refractivity contribution is 6.20. The Bertz CT molecular complexity index is 422. The van der Waals surface area contributed by atoms with Gasteiger partial charge in [-0.05, 0) is 51.9 Å². The predicted octanol–water partition coefficient (Wildman–Crippen LogP) is 4.80. The fraction of sp³-hybridized carbons (Fsp3) is 0.800. The SMILES string of the molecule is Cc1nn(C2CCC(C)C(C)C2)c(C)c1C(C)Cl. The minimum absolute atomic E-state index is 0.0543. The minimum atomic E-state index is 0.0543. The highest BCUT2D eigenvalue weighted by Gasteiger charge is 2.28. The molecule has 1 fully saturated rings. The smallest absolute Gasteiger partial charge is 0.0643 e. The Labute approximate surface area is 116 Å². The number of aromatic nitrogens is 2. The molecule has 0 saturated heterocycles. The molecule has 102 valence electrons. The second kappa shape index (κ2) is 5.24. The van der Waals surface area contributed by atoms with E-state index in [-0.39, 0.29) is 5.38 Å². The Morgan fingerprint density at radius 2 is 1.89 bits per heavy atom. The van der Waals surface area contributed by atoms with Gasteiger partial charge in [-0.25, -0.2) is 0 Å². The molecule has 0 N–H and O–H groups in total. The molecule has 1 saturated carbocycles. The maximum atomic E-state index is 6.26. The van der Waals surface area contributed by atoms with Crippen LogP contribution in [0.3, 0.4) is 0 Å². The van der Waals surface area contributed by atoms with Crippen LogP contribution in [0.5, 0.6) is 0 Å². The summed E-state index contributed by atoms with van der Waals surface area (Å²) in [5, 5.41) is 4.80. The summed E-state index contributed by atoms with van der Waals surface area (Å²) in [4.78, 5) is 0.